The van der Waals surface area contributed by atoms with E-state index >= 15 is 0 Å². The summed E-state index contributed by atoms with van der Waals surface area (Å²) in [4.78, 5) is 36.3. The largest absolute Gasteiger partial charge is 0.508 e. The van der Waals surface area contributed by atoms with Gasteiger partial charge >= 0.3 is 11.7 Å². The van der Waals surface area contributed by atoms with Gasteiger partial charge in [-0.2, -0.15) is 0 Å². The first kappa shape index (κ1) is 13.9. The summed E-state index contributed by atoms with van der Waals surface area (Å²) in [7, 11) is 2.87. The zero-order chi connectivity index (χ0) is 16.0. The number of aromatic nitrogens is 2. The number of anilines is 1. The highest BCUT2D eigenvalue weighted by Gasteiger charge is 2.31. The van der Waals surface area contributed by atoms with Crippen molar-refractivity contribution in [2.45, 2.75) is 6.04 Å². The molecule has 2 aromatic rings. The van der Waals surface area contributed by atoms with Gasteiger partial charge in [0.15, 0.2) is 0 Å². The fourth-order valence-electron chi connectivity index (χ4n) is 2.55. The van der Waals surface area contributed by atoms with Crippen LogP contribution < -0.4 is 21.9 Å². The van der Waals surface area contributed by atoms with Gasteiger partial charge < -0.3 is 10.4 Å². The van der Waals surface area contributed by atoms with Crippen molar-refractivity contribution in [3.05, 3.63) is 56.2 Å². The van der Waals surface area contributed by atoms with Crippen molar-refractivity contribution in [2.24, 2.45) is 14.1 Å². The number of amides is 2. The molecule has 0 saturated carbocycles. The summed E-state index contributed by atoms with van der Waals surface area (Å²) in [5.41, 5.74) is -0.0985. The van der Waals surface area contributed by atoms with E-state index in [0.717, 1.165) is 4.57 Å². The molecule has 1 aliphatic heterocycles. The van der Waals surface area contributed by atoms with E-state index in [1.165, 1.54) is 30.8 Å². The van der Waals surface area contributed by atoms with Crippen LogP contribution in [0.1, 0.15) is 17.2 Å². The Morgan fingerprint density at radius 2 is 1.68 bits per heavy atom. The fourth-order valence-corrected chi connectivity index (χ4v) is 2.55. The van der Waals surface area contributed by atoms with Gasteiger partial charge in [0, 0.05) is 14.1 Å². The van der Waals surface area contributed by atoms with E-state index in [9.17, 15) is 19.5 Å². The van der Waals surface area contributed by atoms with E-state index < -0.39 is 23.3 Å². The van der Waals surface area contributed by atoms with Gasteiger partial charge in [0.2, 0.25) is 0 Å². The van der Waals surface area contributed by atoms with Crippen LogP contribution in [0.4, 0.5) is 10.6 Å². The number of nitrogens with one attached hydrogen (secondary N) is 2. The molecule has 22 heavy (non-hydrogen) atoms. The van der Waals surface area contributed by atoms with Crippen molar-refractivity contribution in [1.29, 1.82) is 0 Å². The van der Waals surface area contributed by atoms with Crippen LogP contribution in [-0.2, 0) is 14.1 Å². The average Bonchev–Trinajstić information content (AvgIpc) is 2.50. The number of carbonyl (C=O) groups excluding carboxylic acids is 1. The number of phenolic OH excluding ortho intramolecular Hbond substituents is 1. The zero-order valence-corrected chi connectivity index (χ0v) is 12.0. The lowest BCUT2D eigenvalue weighted by atomic mass is 9.98. The number of aromatic hydroxyl groups is 1. The van der Waals surface area contributed by atoms with Gasteiger partial charge in [0.05, 0.1) is 11.6 Å². The third-order valence-electron chi connectivity index (χ3n) is 3.72. The van der Waals surface area contributed by atoms with Crippen molar-refractivity contribution < 1.29 is 9.90 Å². The molecule has 0 saturated heterocycles. The fraction of sp³-hybridized carbons (Fsp3) is 0.214. The summed E-state index contributed by atoms with van der Waals surface area (Å²) in [5.74, 6) is 0.257. The van der Waals surface area contributed by atoms with E-state index in [-0.39, 0.29) is 17.1 Å². The van der Waals surface area contributed by atoms with E-state index in [4.69, 9.17) is 0 Å². The number of hydrogen-bond donors (Lipinski definition) is 3. The predicted molar refractivity (Wildman–Crippen MR) is 79.0 cm³/mol. The molecule has 0 radical (unpaired) electrons. The number of rotatable bonds is 1. The third-order valence-corrected chi connectivity index (χ3v) is 3.72. The van der Waals surface area contributed by atoms with Gasteiger partial charge in [0.25, 0.3) is 5.56 Å². The Morgan fingerprint density at radius 3 is 2.32 bits per heavy atom. The van der Waals surface area contributed by atoms with Crippen LogP contribution in [0.25, 0.3) is 0 Å². The summed E-state index contributed by atoms with van der Waals surface area (Å²) in [6.45, 7) is 0. The molecular weight excluding hydrogens is 288 g/mol. The normalized spacial score (nSPS) is 16.6. The van der Waals surface area contributed by atoms with E-state index in [1.807, 2.05) is 0 Å². The topological polar surface area (TPSA) is 105 Å². The number of nitrogens with zero attached hydrogens (tertiary/aromatic N) is 2. The van der Waals surface area contributed by atoms with Gasteiger partial charge in [-0.3, -0.25) is 19.2 Å². The van der Waals surface area contributed by atoms with Gasteiger partial charge in [-0.1, -0.05) is 12.1 Å². The molecule has 0 fully saturated rings. The minimum absolute atomic E-state index is 0.0811. The lowest BCUT2D eigenvalue weighted by molar-refractivity contribution is 0.248. The predicted octanol–water partition coefficient (Wildman–Crippen LogP) is 0.0141. The Balaban J connectivity index is 2.30. The van der Waals surface area contributed by atoms with Crippen LogP contribution in [0.3, 0.4) is 0 Å². The highest BCUT2D eigenvalue weighted by molar-refractivity contribution is 5.92. The number of benzene rings is 1. The maximum Gasteiger partial charge on any atom is 0.332 e. The first-order valence-electron chi connectivity index (χ1n) is 6.56. The van der Waals surface area contributed by atoms with Crippen molar-refractivity contribution in [3.8, 4) is 5.75 Å². The number of carbonyl (C=O) groups is 1. The van der Waals surface area contributed by atoms with Gasteiger partial charge in [-0.15, -0.1) is 0 Å². The number of hydrogen-bond acceptors (Lipinski definition) is 4. The molecule has 0 spiro atoms. The first-order valence-corrected chi connectivity index (χ1v) is 6.56. The maximum atomic E-state index is 12.5. The monoisotopic (exact) mass is 302 g/mol. The molecule has 1 aromatic carbocycles. The molecule has 8 heteroatoms. The first-order chi connectivity index (χ1) is 10.4. The molecule has 0 bridgehead atoms. The second-order valence-electron chi connectivity index (χ2n) is 5.09. The summed E-state index contributed by atoms with van der Waals surface area (Å²) in [6, 6.07) is 4.95. The van der Waals surface area contributed by atoms with Crippen molar-refractivity contribution in [1.82, 2.24) is 14.5 Å². The Bertz CT molecular complexity index is 879. The van der Waals surface area contributed by atoms with Gasteiger partial charge in [0.1, 0.15) is 11.6 Å². The Labute approximate surface area is 124 Å². The smallest absolute Gasteiger partial charge is 0.332 e. The summed E-state index contributed by atoms with van der Waals surface area (Å²) >= 11 is 0. The lowest BCUT2D eigenvalue weighted by Gasteiger charge is -2.28. The van der Waals surface area contributed by atoms with Crippen LogP contribution in [0.5, 0.6) is 5.75 Å². The van der Waals surface area contributed by atoms with Crippen molar-refractivity contribution >= 4 is 11.8 Å². The Kier molecular flexibility index (Phi) is 3.01. The lowest BCUT2D eigenvalue weighted by Crippen LogP contribution is -2.49. The van der Waals surface area contributed by atoms with Gasteiger partial charge in [-0.05, 0) is 17.7 Å². The standard InChI is InChI=1S/C14H14N4O4/c1-17-11-9(12(20)18(2)14(17)22)10(15-13(21)16-11)7-3-5-8(19)6-4-7/h3-6,10,19H,1-2H3,(H2,15,16,21). The molecule has 114 valence electrons. The number of urea groups is 1. The highest BCUT2D eigenvalue weighted by atomic mass is 16.3. The van der Waals surface area contributed by atoms with Crippen LogP contribution in [0, 0.1) is 0 Å². The van der Waals surface area contributed by atoms with Crippen LogP contribution in [-0.4, -0.2) is 20.3 Å². The van der Waals surface area contributed by atoms with Crippen LogP contribution >= 0.6 is 0 Å². The highest BCUT2D eigenvalue weighted by Crippen LogP contribution is 2.28. The maximum absolute atomic E-state index is 12.5. The SMILES string of the molecule is Cn1c2c(c(=O)n(C)c1=O)C(c1ccc(O)cc1)NC(=O)N2. The molecule has 8 nitrogen and oxygen atoms in total. The summed E-state index contributed by atoms with van der Waals surface area (Å²) in [5, 5.41) is 14.5. The zero-order valence-electron chi connectivity index (χ0n) is 12.0. The molecule has 2 heterocycles. The molecule has 1 unspecified atom stereocenters. The Morgan fingerprint density at radius 1 is 1.05 bits per heavy atom. The summed E-state index contributed by atoms with van der Waals surface area (Å²) < 4.78 is 2.22. The molecule has 0 aliphatic carbocycles. The average molecular weight is 302 g/mol. The van der Waals surface area contributed by atoms with Gasteiger partial charge in [-0.25, -0.2) is 9.59 Å². The third kappa shape index (κ3) is 1.96. The molecule has 1 atom stereocenters. The minimum atomic E-state index is -0.699. The Hall–Kier alpha value is -3.03. The molecular formula is C14H14N4O4. The molecule has 2 amide bonds. The van der Waals surface area contributed by atoms with Crippen molar-refractivity contribution in [3.63, 3.8) is 0 Å². The van der Waals surface area contributed by atoms with Crippen molar-refractivity contribution in [2.75, 3.05) is 5.32 Å². The molecule has 1 aromatic heterocycles. The van der Waals surface area contributed by atoms with E-state index in [1.54, 1.807) is 12.1 Å². The minimum Gasteiger partial charge on any atom is -0.508 e. The molecule has 3 N–H and O–H groups in total. The molecule has 1 aliphatic rings. The van der Waals surface area contributed by atoms with E-state index in [2.05, 4.69) is 10.6 Å². The molecule has 3 rings (SSSR count). The van der Waals surface area contributed by atoms with Crippen LogP contribution in [0.15, 0.2) is 33.9 Å². The van der Waals surface area contributed by atoms with Crippen LogP contribution in [0.2, 0.25) is 0 Å². The van der Waals surface area contributed by atoms with E-state index in [0.29, 0.717) is 5.56 Å². The number of phenols is 1. The summed E-state index contributed by atoms with van der Waals surface area (Å²) in [6.07, 6.45) is 0. The second-order valence-corrected chi connectivity index (χ2v) is 5.09. The quantitative estimate of drug-likeness (QED) is 0.690. The second kappa shape index (κ2) is 4.76. The number of fused-ring (bicyclic) bond motifs is 1.